The maximum absolute atomic E-state index is 12.0. The predicted molar refractivity (Wildman–Crippen MR) is 84.1 cm³/mol. The molecule has 0 unspecified atom stereocenters. The van der Waals surface area contributed by atoms with E-state index in [0.717, 1.165) is 17.8 Å². The maximum Gasteiger partial charge on any atom is 0.284 e. The number of sulfonamides is 1. The van der Waals surface area contributed by atoms with E-state index < -0.39 is 21.2 Å². The van der Waals surface area contributed by atoms with Crippen LogP contribution in [0.15, 0.2) is 5.38 Å². The van der Waals surface area contributed by atoms with Crippen molar-refractivity contribution in [2.45, 2.75) is 63.5 Å². The van der Waals surface area contributed by atoms with Crippen LogP contribution in [0.3, 0.4) is 0 Å². The third-order valence-corrected chi connectivity index (χ3v) is 6.92. The number of hydrogen-bond acceptors (Lipinski definition) is 5. The molecule has 0 spiro atoms. The number of nitrogens with zero attached hydrogens (tertiary/aromatic N) is 1. The minimum Gasteiger partial charge on any atom is -0.266 e. The third-order valence-electron chi connectivity index (χ3n) is 4.05. The van der Waals surface area contributed by atoms with Crippen LogP contribution in [-0.2, 0) is 10.0 Å². The summed E-state index contributed by atoms with van der Waals surface area (Å²) in [6.45, 7) is 3.36. The predicted octanol–water partition coefficient (Wildman–Crippen LogP) is 3.05. The fourth-order valence-corrected chi connectivity index (χ4v) is 4.40. The zero-order valence-corrected chi connectivity index (χ0v) is 14.1. The van der Waals surface area contributed by atoms with Crippen LogP contribution in [-0.4, -0.2) is 24.6 Å². The molecule has 1 fully saturated rings. The van der Waals surface area contributed by atoms with Crippen molar-refractivity contribution in [2.75, 3.05) is 0 Å². The van der Waals surface area contributed by atoms with E-state index in [1.54, 1.807) is 19.2 Å². The van der Waals surface area contributed by atoms with E-state index in [0.29, 0.717) is 12.3 Å². The van der Waals surface area contributed by atoms with E-state index in [2.05, 4.69) is 9.71 Å². The summed E-state index contributed by atoms with van der Waals surface area (Å²) in [5, 5.41) is 2.03. The van der Waals surface area contributed by atoms with Crippen molar-refractivity contribution in [1.29, 1.82) is 0 Å². The highest BCUT2D eigenvalue weighted by Crippen LogP contribution is 2.34. The molecule has 2 rings (SSSR count). The summed E-state index contributed by atoms with van der Waals surface area (Å²) in [5.74, 6) is -0.190. The molecule has 1 aliphatic rings. The molecule has 1 saturated carbocycles. The van der Waals surface area contributed by atoms with Gasteiger partial charge in [-0.3, -0.25) is 4.79 Å². The first kappa shape index (κ1) is 16.4. The SMILES string of the molecule is CC[C@H](C)S(=O)(=O)NC(=O)c1csc(C2CCCCC2)n1. The van der Waals surface area contributed by atoms with Gasteiger partial charge in [0.1, 0.15) is 5.69 Å². The van der Waals surface area contributed by atoms with Gasteiger partial charge in [0.05, 0.1) is 10.3 Å². The number of aromatic nitrogens is 1. The molecule has 1 heterocycles. The average Bonchev–Trinajstić information content (AvgIpc) is 2.96. The summed E-state index contributed by atoms with van der Waals surface area (Å²) in [7, 11) is -3.61. The monoisotopic (exact) mass is 330 g/mol. The molecule has 1 N–H and O–H groups in total. The first-order valence-electron chi connectivity index (χ1n) is 7.45. The molecule has 7 heteroatoms. The Hall–Kier alpha value is -0.950. The quantitative estimate of drug-likeness (QED) is 0.900. The Morgan fingerprint density at radius 2 is 2.10 bits per heavy atom. The fourth-order valence-electron chi connectivity index (χ4n) is 2.43. The lowest BCUT2D eigenvalue weighted by molar-refractivity contribution is 0.0976. The largest absolute Gasteiger partial charge is 0.284 e. The fraction of sp³-hybridized carbons (Fsp3) is 0.714. The van der Waals surface area contributed by atoms with Gasteiger partial charge in [-0.05, 0) is 26.2 Å². The van der Waals surface area contributed by atoms with Gasteiger partial charge < -0.3 is 0 Å². The molecule has 0 saturated heterocycles. The normalized spacial score (nSPS) is 18.4. The van der Waals surface area contributed by atoms with Gasteiger partial charge in [0.15, 0.2) is 0 Å². The van der Waals surface area contributed by atoms with E-state index in [9.17, 15) is 13.2 Å². The van der Waals surface area contributed by atoms with Crippen LogP contribution in [0.1, 0.15) is 73.8 Å². The first-order chi connectivity index (χ1) is 9.94. The molecule has 5 nitrogen and oxygen atoms in total. The molecule has 0 aliphatic heterocycles. The van der Waals surface area contributed by atoms with E-state index in [1.807, 2.05) is 0 Å². The highest BCUT2D eigenvalue weighted by Gasteiger charge is 2.25. The van der Waals surface area contributed by atoms with Crippen LogP contribution in [0.4, 0.5) is 0 Å². The molecule has 1 aromatic rings. The Morgan fingerprint density at radius 3 is 2.71 bits per heavy atom. The van der Waals surface area contributed by atoms with Gasteiger partial charge in [0, 0.05) is 11.3 Å². The highest BCUT2D eigenvalue weighted by atomic mass is 32.2. The van der Waals surface area contributed by atoms with Gasteiger partial charge in [-0.15, -0.1) is 11.3 Å². The van der Waals surface area contributed by atoms with Crippen LogP contribution in [0, 0.1) is 0 Å². The van der Waals surface area contributed by atoms with Crippen molar-refractivity contribution in [1.82, 2.24) is 9.71 Å². The lowest BCUT2D eigenvalue weighted by Gasteiger charge is -2.18. The van der Waals surface area contributed by atoms with Crippen LogP contribution >= 0.6 is 11.3 Å². The van der Waals surface area contributed by atoms with Crippen LogP contribution < -0.4 is 4.72 Å². The van der Waals surface area contributed by atoms with Gasteiger partial charge in [-0.2, -0.15) is 0 Å². The lowest BCUT2D eigenvalue weighted by Crippen LogP contribution is -2.37. The minimum atomic E-state index is -3.61. The zero-order valence-electron chi connectivity index (χ0n) is 12.5. The third kappa shape index (κ3) is 4.03. The summed E-state index contributed by atoms with van der Waals surface area (Å²) in [6.07, 6.45) is 6.36. The second kappa shape index (κ2) is 6.87. The molecule has 118 valence electrons. The number of nitrogens with one attached hydrogen (secondary N) is 1. The summed E-state index contributed by atoms with van der Waals surface area (Å²) in [6, 6.07) is 0. The smallest absolute Gasteiger partial charge is 0.266 e. The van der Waals surface area contributed by atoms with E-state index in [4.69, 9.17) is 0 Å². The lowest BCUT2D eigenvalue weighted by atomic mass is 9.90. The molecule has 21 heavy (non-hydrogen) atoms. The van der Waals surface area contributed by atoms with Crippen LogP contribution in [0.25, 0.3) is 0 Å². The second-order valence-electron chi connectivity index (χ2n) is 5.60. The topological polar surface area (TPSA) is 76.1 Å². The van der Waals surface area contributed by atoms with Gasteiger partial charge >= 0.3 is 0 Å². The van der Waals surface area contributed by atoms with E-state index in [1.165, 1.54) is 30.6 Å². The van der Waals surface area contributed by atoms with Crippen molar-refractivity contribution in [2.24, 2.45) is 0 Å². The Morgan fingerprint density at radius 1 is 1.43 bits per heavy atom. The molecule has 0 bridgehead atoms. The molecule has 1 atom stereocenters. The van der Waals surface area contributed by atoms with E-state index >= 15 is 0 Å². The molecule has 1 aromatic heterocycles. The standard InChI is InChI=1S/C14H22N2O3S2/c1-3-10(2)21(18,19)16-13(17)12-9-20-14(15-12)11-7-5-4-6-8-11/h9-11H,3-8H2,1-2H3,(H,16,17)/t10-/m0/s1. The Bertz CT molecular complexity index is 589. The van der Waals surface area contributed by atoms with Gasteiger partial charge in [-0.1, -0.05) is 26.2 Å². The summed E-state index contributed by atoms with van der Waals surface area (Å²) < 4.78 is 25.9. The zero-order chi connectivity index (χ0) is 15.5. The van der Waals surface area contributed by atoms with Gasteiger partial charge in [0.25, 0.3) is 5.91 Å². The Balaban J connectivity index is 2.05. The molecule has 1 aliphatic carbocycles. The Labute approximate surface area is 130 Å². The number of thiazole rings is 1. The molecule has 0 aromatic carbocycles. The van der Waals surface area contributed by atoms with Crippen molar-refractivity contribution in [3.8, 4) is 0 Å². The first-order valence-corrected chi connectivity index (χ1v) is 9.88. The maximum atomic E-state index is 12.0. The van der Waals surface area contributed by atoms with Crippen molar-refractivity contribution >= 4 is 27.3 Å². The molecular formula is C14H22N2O3S2. The number of rotatable bonds is 5. The number of carbonyl (C=O) groups is 1. The summed E-state index contributed by atoms with van der Waals surface area (Å²) in [4.78, 5) is 16.4. The van der Waals surface area contributed by atoms with Gasteiger partial charge in [-0.25, -0.2) is 18.1 Å². The number of carbonyl (C=O) groups excluding carboxylic acids is 1. The second-order valence-corrected chi connectivity index (χ2v) is 8.59. The minimum absolute atomic E-state index is 0.215. The van der Waals surface area contributed by atoms with Crippen molar-refractivity contribution in [3.05, 3.63) is 16.1 Å². The van der Waals surface area contributed by atoms with Crippen LogP contribution in [0.5, 0.6) is 0 Å². The van der Waals surface area contributed by atoms with Crippen molar-refractivity contribution < 1.29 is 13.2 Å². The average molecular weight is 330 g/mol. The summed E-state index contributed by atoms with van der Waals surface area (Å²) in [5.41, 5.74) is 0.215. The molecule has 1 amide bonds. The Kier molecular flexibility index (Phi) is 5.37. The van der Waals surface area contributed by atoms with E-state index in [-0.39, 0.29) is 5.69 Å². The molecule has 0 radical (unpaired) electrons. The number of amides is 1. The van der Waals surface area contributed by atoms with Gasteiger partial charge in [0.2, 0.25) is 10.0 Å². The van der Waals surface area contributed by atoms with Crippen LogP contribution in [0.2, 0.25) is 0 Å². The highest BCUT2D eigenvalue weighted by molar-refractivity contribution is 7.90. The van der Waals surface area contributed by atoms with Crippen molar-refractivity contribution in [3.63, 3.8) is 0 Å². The summed E-state index contributed by atoms with van der Waals surface area (Å²) >= 11 is 1.46. The number of hydrogen-bond donors (Lipinski definition) is 1. The molecular weight excluding hydrogens is 308 g/mol.